The van der Waals surface area contributed by atoms with E-state index in [9.17, 15) is 4.79 Å². The normalized spacial score (nSPS) is 18.9. The minimum Gasteiger partial charge on any atom is -0.365 e. The summed E-state index contributed by atoms with van der Waals surface area (Å²) in [4.78, 5) is 20.1. The first kappa shape index (κ1) is 14.5. The topological polar surface area (TPSA) is 105 Å². The van der Waals surface area contributed by atoms with E-state index in [1.807, 2.05) is 20.8 Å². The number of rotatable bonds is 4. The predicted molar refractivity (Wildman–Crippen MR) is 78.3 cm³/mol. The lowest BCUT2D eigenvalue weighted by Crippen LogP contribution is -2.42. The maximum absolute atomic E-state index is 11.2. The highest BCUT2D eigenvalue weighted by Gasteiger charge is 2.20. The number of nitrogens with two attached hydrogens (primary N) is 1. The number of nitrogens with one attached hydrogen (secondary N) is 3. The summed E-state index contributed by atoms with van der Waals surface area (Å²) in [5.74, 6) is 7.99. The fraction of sp³-hybridized carbons (Fsp3) is 0.615. The zero-order valence-corrected chi connectivity index (χ0v) is 12.2. The summed E-state index contributed by atoms with van der Waals surface area (Å²) in [6.07, 6.45) is 1.35. The monoisotopic (exact) mass is 278 g/mol. The summed E-state index contributed by atoms with van der Waals surface area (Å²) in [6, 6.07) is 0.187. The van der Waals surface area contributed by atoms with Gasteiger partial charge in [-0.3, -0.25) is 4.79 Å². The lowest BCUT2D eigenvalue weighted by atomic mass is 10.1. The van der Waals surface area contributed by atoms with Crippen LogP contribution in [0.4, 0.5) is 11.6 Å². The smallest absolute Gasteiger partial charge is 0.220 e. The largest absolute Gasteiger partial charge is 0.365 e. The Bertz CT molecular complexity index is 492. The number of aromatic nitrogens is 2. The fourth-order valence-electron chi connectivity index (χ4n) is 2.12. The second-order valence-electron chi connectivity index (χ2n) is 5.39. The summed E-state index contributed by atoms with van der Waals surface area (Å²) >= 11 is 0. The van der Waals surface area contributed by atoms with E-state index in [-0.39, 0.29) is 17.9 Å². The number of carbonyl (C=O) groups is 1. The molecule has 0 aromatic carbocycles. The Morgan fingerprint density at radius 1 is 1.35 bits per heavy atom. The van der Waals surface area contributed by atoms with Crippen LogP contribution in [0.5, 0.6) is 0 Å². The van der Waals surface area contributed by atoms with Crippen LogP contribution in [0, 0.1) is 6.92 Å². The Morgan fingerprint density at radius 3 is 2.60 bits per heavy atom. The predicted octanol–water partition coefficient (Wildman–Crippen LogP) is 0.885. The highest BCUT2D eigenvalue weighted by Crippen LogP contribution is 2.23. The number of carbonyl (C=O) groups excluding carboxylic acids is 1. The molecule has 0 aliphatic carbocycles. The first-order chi connectivity index (χ1) is 9.51. The lowest BCUT2D eigenvalue weighted by Gasteiger charge is -2.25. The number of hydrogen-bond donors (Lipinski definition) is 4. The summed E-state index contributed by atoms with van der Waals surface area (Å²) in [7, 11) is 0. The average Bonchev–Trinajstić information content (AvgIpc) is 2.43. The molecule has 5 N–H and O–H groups in total. The lowest BCUT2D eigenvalue weighted by molar-refractivity contribution is -0.122. The van der Waals surface area contributed by atoms with Gasteiger partial charge in [0.2, 0.25) is 5.91 Å². The van der Waals surface area contributed by atoms with Gasteiger partial charge in [-0.05, 0) is 13.3 Å². The van der Waals surface area contributed by atoms with Gasteiger partial charge in [-0.15, -0.1) is 0 Å². The molecule has 7 nitrogen and oxygen atoms in total. The van der Waals surface area contributed by atoms with Gasteiger partial charge >= 0.3 is 0 Å². The number of nitrogens with zero attached hydrogens (tertiary/aromatic N) is 2. The average molecular weight is 278 g/mol. The van der Waals surface area contributed by atoms with Crippen molar-refractivity contribution < 1.29 is 4.79 Å². The van der Waals surface area contributed by atoms with Crippen molar-refractivity contribution in [3.63, 3.8) is 0 Å². The Labute approximate surface area is 118 Å². The van der Waals surface area contributed by atoms with Gasteiger partial charge in [0.15, 0.2) is 0 Å². The highest BCUT2D eigenvalue weighted by atomic mass is 16.1. The molecule has 1 amide bonds. The number of nitrogen functional groups attached to an aromatic ring is 1. The third-order valence-electron chi connectivity index (χ3n) is 3.42. The molecule has 0 saturated carbocycles. The van der Waals surface area contributed by atoms with Crippen molar-refractivity contribution in [3.8, 4) is 0 Å². The number of hydrogen-bond acceptors (Lipinski definition) is 6. The zero-order chi connectivity index (χ0) is 14.7. The molecule has 1 aliphatic rings. The molecule has 110 valence electrons. The van der Waals surface area contributed by atoms with E-state index in [1.165, 1.54) is 0 Å². The van der Waals surface area contributed by atoms with Crippen LogP contribution >= 0.6 is 0 Å². The minimum absolute atomic E-state index is 0.106. The van der Waals surface area contributed by atoms with Crippen LogP contribution in [-0.4, -0.2) is 28.5 Å². The number of hydrazine groups is 1. The molecule has 1 aromatic rings. The summed E-state index contributed by atoms with van der Waals surface area (Å²) in [5, 5.41) is 6.23. The van der Waals surface area contributed by atoms with Crippen LogP contribution in [0.15, 0.2) is 0 Å². The molecule has 1 unspecified atom stereocenters. The fourth-order valence-corrected chi connectivity index (χ4v) is 2.12. The minimum atomic E-state index is 0.106. The van der Waals surface area contributed by atoms with Crippen molar-refractivity contribution in [3.05, 3.63) is 11.4 Å². The van der Waals surface area contributed by atoms with Gasteiger partial charge in [0, 0.05) is 30.5 Å². The van der Waals surface area contributed by atoms with Crippen molar-refractivity contribution >= 4 is 17.5 Å². The number of piperidine rings is 1. The molecular weight excluding hydrogens is 256 g/mol. The van der Waals surface area contributed by atoms with Gasteiger partial charge in [0.05, 0.1) is 0 Å². The van der Waals surface area contributed by atoms with E-state index in [2.05, 4.69) is 26.0 Å². The SMILES string of the molecule is Cc1c(NN)nc(C(C)C)nc1NC1CCC(=O)NC1. The second-order valence-corrected chi connectivity index (χ2v) is 5.39. The van der Waals surface area contributed by atoms with E-state index in [0.29, 0.717) is 18.8 Å². The van der Waals surface area contributed by atoms with Crippen molar-refractivity contribution in [2.24, 2.45) is 5.84 Å². The third kappa shape index (κ3) is 3.16. The van der Waals surface area contributed by atoms with Crippen LogP contribution in [-0.2, 0) is 4.79 Å². The number of amides is 1. The molecule has 2 rings (SSSR count). The molecule has 20 heavy (non-hydrogen) atoms. The van der Waals surface area contributed by atoms with Crippen LogP contribution < -0.4 is 21.9 Å². The van der Waals surface area contributed by atoms with Crippen LogP contribution in [0.2, 0.25) is 0 Å². The molecule has 2 heterocycles. The van der Waals surface area contributed by atoms with Gasteiger partial charge in [-0.25, -0.2) is 15.8 Å². The maximum Gasteiger partial charge on any atom is 0.220 e. The van der Waals surface area contributed by atoms with Crippen molar-refractivity contribution in [2.45, 2.75) is 45.6 Å². The zero-order valence-electron chi connectivity index (χ0n) is 12.2. The van der Waals surface area contributed by atoms with E-state index >= 15 is 0 Å². The summed E-state index contributed by atoms with van der Waals surface area (Å²) in [5.41, 5.74) is 3.50. The maximum atomic E-state index is 11.2. The van der Waals surface area contributed by atoms with E-state index in [0.717, 1.165) is 23.6 Å². The molecule has 7 heteroatoms. The Kier molecular flexibility index (Phi) is 4.39. The van der Waals surface area contributed by atoms with E-state index in [1.54, 1.807) is 0 Å². The first-order valence-electron chi connectivity index (χ1n) is 6.89. The quantitative estimate of drug-likeness (QED) is 0.481. The molecule has 0 spiro atoms. The molecule has 1 atom stereocenters. The van der Waals surface area contributed by atoms with Crippen molar-refractivity contribution in [2.75, 3.05) is 17.3 Å². The van der Waals surface area contributed by atoms with Crippen molar-refractivity contribution in [1.29, 1.82) is 0 Å². The molecular formula is C13H22N6O. The molecule has 0 bridgehead atoms. The van der Waals surface area contributed by atoms with Gasteiger partial charge < -0.3 is 16.1 Å². The summed E-state index contributed by atoms with van der Waals surface area (Å²) < 4.78 is 0. The van der Waals surface area contributed by atoms with Gasteiger partial charge in [-0.1, -0.05) is 13.8 Å². The highest BCUT2D eigenvalue weighted by molar-refractivity contribution is 5.77. The van der Waals surface area contributed by atoms with Crippen LogP contribution in [0.25, 0.3) is 0 Å². The van der Waals surface area contributed by atoms with Crippen LogP contribution in [0.3, 0.4) is 0 Å². The first-order valence-corrected chi connectivity index (χ1v) is 6.89. The van der Waals surface area contributed by atoms with Gasteiger partial charge in [-0.2, -0.15) is 0 Å². The Hall–Kier alpha value is -1.89. The standard InChI is InChI=1S/C13H22N6O/c1-7(2)11-17-12(8(3)13(18-11)19-14)16-9-4-5-10(20)15-6-9/h7,9H,4-6,14H2,1-3H3,(H,15,20)(H2,16,17,18,19). The molecule has 1 aliphatic heterocycles. The van der Waals surface area contributed by atoms with Crippen molar-refractivity contribution in [1.82, 2.24) is 15.3 Å². The molecule has 1 fully saturated rings. The second kappa shape index (κ2) is 6.04. The molecule has 1 aromatic heterocycles. The van der Waals surface area contributed by atoms with E-state index < -0.39 is 0 Å². The molecule has 1 saturated heterocycles. The Morgan fingerprint density at radius 2 is 2.05 bits per heavy atom. The third-order valence-corrected chi connectivity index (χ3v) is 3.42. The molecule has 0 radical (unpaired) electrons. The van der Waals surface area contributed by atoms with E-state index in [4.69, 9.17) is 5.84 Å². The van der Waals surface area contributed by atoms with Gasteiger partial charge in [0.25, 0.3) is 0 Å². The van der Waals surface area contributed by atoms with Crippen LogP contribution in [0.1, 0.15) is 44.0 Å². The van der Waals surface area contributed by atoms with Gasteiger partial charge in [0.1, 0.15) is 17.5 Å². The number of anilines is 2. The summed E-state index contributed by atoms with van der Waals surface area (Å²) in [6.45, 7) is 6.61. The Balaban J connectivity index is 2.21.